The van der Waals surface area contributed by atoms with Gasteiger partial charge in [-0.25, -0.2) is 4.98 Å². The van der Waals surface area contributed by atoms with E-state index >= 15 is 0 Å². The third kappa shape index (κ3) is 2.27. The zero-order valence-corrected chi connectivity index (χ0v) is 14.3. The molecule has 106 valence electrons. The Kier molecular flexibility index (Phi) is 3.42. The standard InChI is InChI=1S/C17H14ClIN2/c18-9-17-20-15-8-13(19)5-6-16(15)21(17)10-12-7-11-3-1-2-4-14(11)12/h1-6,8,12H,7,9-10H2. The maximum atomic E-state index is 6.10. The van der Waals surface area contributed by atoms with Gasteiger partial charge in [0.2, 0.25) is 0 Å². The monoisotopic (exact) mass is 408 g/mol. The van der Waals surface area contributed by atoms with Crippen LogP contribution in [-0.4, -0.2) is 9.55 Å². The maximum absolute atomic E-state index is 6.10. The Bertz CT molecular complexity index is 825. The average Bonchev–Trinajstić information content (AvgIpc) is 2.81. The van der Waals surface area contributed by atoms with Crippen LogP contribution in [0.5, 0.6) is 0 Å². The van der Waals surface area contributed by atoms with E-state index < -0.39 is 0 Å². The van der Waals surface area contributed by atoms with Crippen LogP contribution in [0, 0.1) is 3.57 Å². The SMILES string of the molecule is ClCc1nc2cc(I)ccc2n1CC1Cc2ccccc21. The van der Waals surface area contributed by atoms with Crippen LogP contribution in [0.3, 0.4) is 0 Å². The molecule has 0 bridgehead atoms. The molecule has 1 heterocycles. The van der Waals surface area contributed by atoms with Crippen molar-refractivity contribution in [3.05, 3.63) is 63.0 Å². The number of fused-ring (bicyclic) bond motifs is 2. The zero-order chi connectivity index (χ0) is 14.4. The van der Waals surface area contributed by atoms with Gasteiger partial charge in [0.1, 0.15) is 5.82 Å². The van der Waals surface area contributed by atoms with Crippen LogP contribution in [0.2, 0.25) is 0 Å². The van der Waals surface area contributed by atoms with Gasteiger partial charge in [0, 0.05) is 16.0 Å². The van der Waals surface area contributed by atoms with Crippen molar-refractivity contribution in [2.45, 2.75) is 24.8 Å². The van der Waals surface area contributed by atoms with Crippen LogP contribution >= 0.6 is 34.2 Å². The largest absolute Gasteiger partial charge is 0.326 e. The molecule has 0 N–H and O–H groups in total. The molecule has 0 aliphatic heterocycles. The fourth-order valence-electron chi connectivity index (χ4n) is 3.20. The quantitative estimate of drug-likeness (QED) is 0.453. The van der Waals surface area contributed by atoms with Gasteiger partial charge in [-0.05, 0) is 58.3 Å². The lowest BCUT2D eigenvalue weighted by molar-refractivity contribution is 0.508. The highest BCUT2D eigenvalue weighted by Gasteiger charge is 2.27. The van der Waals surface area contributed by atoms with Gasteiger partial charge in [-0.3, -0.25) is 0 Å². The van der Waals surface area contributed by atoms with E-state index in [1.165, 1.54) is 20.2 Å². The highest BCUT2D eigenvalue weighted by atomic mass is 127. The highest BCUT2D eigenvalue weighted by Crippen LogP contribution is 2.37. The molecule has 1 aliphatic rings. The van der Waals surface area contributed by atoms with Crippen LogP contribution < -0.4 is 0 Å². The Morgan fingerprint density at radius 2 is 2.10 bits per heavy atom. The lowest BCUT2D eigenvalue weighted by atomic mass is 9.77. The number of halogens is 2. The molecular weight excluding hydrogens is 395 g/mol. The molecule has 21 heavy (non-hydrogen) atoms. The summed E-state index contributed by atoms with van der Waals surface area (Å²) in [4.78, 5) is 4.69. The van der Waals surface area contributed by atoms with E-state index in [0.717, 1.165) is 24.3 Å². The molecule has 4 rings (SSSR count). The molecule has 0 radical (unpaired) electrons. The second-order valence-electron chi connectivity index (χ2n) is 5.51. The third-order valence-electron chi connectivity index (χ3n) is 4.27. The number of benzene rings is 2. The van der Waals surface area contributed by atoms with Gasteiger partial charge in [-0.15, -0.1) is 11.6 Å². The minimum atomic E-state index is 0.458. The van der Waals surface area contributed by atoms with E-state index in [0.29, 0.717) is 11.8 Å². The fourth-order valence-corrected chi connectivity index (χ4v) is 3.88. The summed E-state index contributed by atoms with van der Waals surface area (Å²) in [5, 5.41) is 0. The Morgan fingerprint density at radius 1 is 1.24 bits per heavy atom. The van der Waals surface area contributed by atoms with Crippen molar-refractivity contribution < 1.29 is 0 Å². The first-order valence-electron chi connectivity index (χ1n) is 7.04. The predicted molar refractivity (Wildman–Crippen MR) is 94.9 cm³/mol. The van der Waals surface area contributed by atoms with Crippen molar-refractivity contribution in [1.82, 2.24) is 9.55 Å². The van der Waals surface area contributed by atoms with Crippen molar-refractivity contribution in [2.24, 2.45) is 0 Å². The topological polar surface area (TPSA) is 17.8 Å². The van der Waals surface area contributed by atoms with E-state index in [4.69, 9.17) is 11.6 Å². The van der Waals surface area contributed by atoms with Gasteiger partial charge in [-0.1, -0.05) is 24.3 Å². The average molecular weight is 409 g/mol. The van der Waals surface area contributed by atoms with Gasteiger partial charge in [0.25, 0.3) is 0 Å². The summed E-state index contributed by atoms with van der Waals surface area (Å²) in [7, 11) is 0. The number of rotatable bonds is 3. The van der Waals surface area contributed by atoms with E-state index in [1.807, 2.05) is 0 Å². The highest BCUT2D eigenvalue weighted by molar-refractivity contribution is 14.1. The summed E-state index contributed by atoms with van der Waals surface area (Å²) in [6.07, 6.45) is 1.15. The molecule has 1 unspecified atom stereocenters. The molecule has 3 aromatic rings. The van der Waals surface area contributed by atoms with Crippen molar-refractivity contribution in [3.8, 4) is 0 Å². The van der Waals surface area contributed by atoms with Gasteiger partial charge in [0.15, 0.2) is 0 Å². The van der Waals surface area contributed by atoms with Crippen LogP contribution in [0.1, 0.15) is 22.9 Å². The van der Waals surface area contributed by atoms with Crippen LogP contribution in [-0.2, 0) is 18.8 Å². The Balaban J connectivity index is 1.74. The summed E-state index contributed by atoms with van der Waals surface area (Å²) in [6.45, 7) is 0.968. The Labute approximate surface area is 142 Å². The number of alkyl halides is 1. The second-order valence-corrected chi connectivity index (χ2v) is 7.02. The number of nitrogens with zero attached hydrogens (tertiary/aromatic N) is 2. The van der Waals surface area contributed by atoms with E-state index in [2.05, 4.69) is 74.6 Å². The molecule has 1 atom stereocenters. The molecule has 0 fully saturated rings. The van der Waals surface area contributed by atoms with Gasteiger partial charge < -0.3 is 4.57 Å². The Morgan fingerprint density at radius 3 is 2.90 bits per heavy atom. The first-order valence-corrected chi connectivity index (χ1v) is 8.66. The molecule has 0 saturated carbocycles. The van der Waals surface area contributed by atoms with Crippen molar-refractivity contribution in [3.63, 3.8) is 0 Å². The normalized spacial score (nSPS) is 16.8. The summed E-state index contributed by atoms with van der Waals surface area (Å²) in [5.74, 6) is 2.01. The second kappa shape index (κ2) is 5.29. The first-order chi connectivity index (χ1) is 10.3. The summed E-state index contributed by atoms with van der Waals surface area (Å²) in [5.41, 5.74) is 5.19. The molecule has 1 aromatic heterocycles. The summed E-state index contributed by atoms with van der Waals surface area (Å²) >= 11 is 8.43. The lowest BCUT2D eigenvalue weighted by Gasteiger charge is -2.31. The lowest BCUT2D eigenvalue weighted by Crippen LogP contribution is -2.22. The zero-order valence-electron chi connectivity index (χ0n) is 11.4. The minimum Gasteiger partial charge on any atom is -0.326 e. The van der Waals surface area contributed by atoms with Crippen LogP contribution in [0.4, 0.5) is 0 Å². The van der Waals surface area contributed by atoms with Crippen molar-refractivity contribution in [2.75, 3.05) is 0 Å². The summed E-state index contributed by atoms with van der Waals surface area (Å²) in [6, 6.07) is 15.1. The van der Waals surface area contributed by atoms with Crippen LogP contribution in [0.15, 0.2) is 42.5 Å². The smallest absolute Gasteiger partial charge is 0.124 e. The van der Waals surface area contributed by atoms with E-state index in [1.54, 1.807) is 0 Å². The molecule has 0 amide bonds. The van der Waals surface area contributed by atoms with E-state index in [9.17, 15) is 0 Å². The minimum absolute atomic E-state index is 0.458. The van der Waals surface area contributed by atoms with Gasteiger partial charge in [0.05, 0.1) is 16.9 Å². The van der Waals surface area contributed by atoms with Crippen molar-refractivity contribution in [1.29, 1.82) is 0 Å². The van der Waals surface area contributed by atoms with Crippen LogP contribution in [0.25, 0.3) is 11.0 Å². The van der Waals surface area contributed by atoms with E-state index in [-0.39, 0.29) is 0 Å². The Hall–Kier alpha value is -1.07. The molecular formula is C17H14ClIN2. The fraction of sp³-hybridized carbons (Fsp3) is 0.235. The number of aromatic nitrogens is 2. The molecule has 0 spiro atoms. The molecule has 0 saturated heterocycles. The molecule has 2 aromatic carbocycles. The third-order valence-corrected chi connectivity index (χ3v) is 5.18. The van der Waals surface area contributed by atoms with Gasteiger partial charge >= 0.3 is 0 Å². The first kappa shape index (κ1) is 13.6. The molecule has 2 nitrogen and oxygen atoms in total. The maximum Gasteiger partial charge on any atom is 0.124 e. The number of hydrogen-bond donors (Lipinski definition) is 0. The summed E-state index contributed by atoms with van der Waals surface area (Å²) < 4.78 is 3.50. The molecule has 1 aliphatic carbocycles. The number of imidazole rings is 1. The van der Waals surface area contributed by atoms with Crippen molar-refractivity contribution >= 4 is 45.2 Å². The number of hydrogen-bond acceptors (Lipinski definition) is 1. The van der Waals surface area contributed by atoms with Gasteiger partial charge in [-0.2, -0.15) is 0 Å². The molecule has 4 heteroatoms. The predicted octanol–water partition coefficient (Wildman–Crippen LogP) is 4.72.